The second-order valence-electron chi connectivity index (χ2n) is 13.2. The molecule has 10 nitrogen and oxygen atoms in total. The first-order valence-electron chi connectivity index (χ1n) is 15.3. The second-order valence-corrected chi connectivity index (χ2v) is 14.2. The van der Waals surface area contributed by atoms with Crippen molar-refractivity contribution in [2.75, 3.05) is 12.0 Å². The summed E-state index contributed by atoms with van der Waals surface area (Å²) in [5.74, 6) is -1.35. The van der Waals surface area contributed by atoms with E-state index in [-0.39, 0.29) is 23.8 Å². The lowest BCUT2D eigenvalue weighted by Crippen LogP contribution is -2.55. The van der Waals surface area contributed by atoms with Gasteiger partial charge in [0.25, 0.3) is 0 Å². The van der Waals surface area contributed by atoms with Gasteiger partial charge < -0.3 is 30.1 Å². The topological polar surface area (TPSA) is 134 Å². The molecule has 0 aliphatic heterocycles. The van der Waals surface area contributed by atoms with E-state index in [1.54, 1.807) is 59.7 Å². The highest BCUT2D eigenvalue weighted by Gasteiger charge is 2.45. The molecular weight excluding hydrogens is 594 g/mol. The lowest BCUT2D eigenvalue weighted by molar-refractivity contribution is -0.159. The van der Waals surface area contributed by atoms with Crippen molar-refractivity contribution >= 4 is 35.6 Å². The SMILES string of the molecule is CSCCC(NC(=O)OC(C)(C)C)C(=O)N(C1CC1)C(C(=O)NC(Cc1ccccc1)C(=O)OC(C)(C)C)c1ccccc1O. The van der Waals surface area contributed by atoms with Gasteiger partial charge in [0.2, 0.25) is 11.8 Å². The Balaban J connectivity index is 2.02. The molecule has 3 atom stereocenters. The first kappa shape index (κ1) is 35.7. The van der Waals surface area contributed by atoms with Crippen LogP contribution in [0.3, 0.4) is 0 Å². The van der Waals surface area contributed by atoms with Crippen molar-refractivity contribution in [3.05, 3.63) is 65.7 Å². The van der Waals surface area contributed by atoms with Crippen LogP contribution in [0.2, 0.25) is 0 Å². The summed E-state index contributed by atoms with van der Waals surface area (Å²) in [7, 11) is 0. The molecule has 0 bridgehead atoms. The number of rotatable bonds is 13. The van der Waals surface area contributed by atoms with Gasteiger partial charge in [-0.1, -0.05) is 48.5 Å². The number of thioether (sulfide) groups is 1. The molecule has 0 spiro atoms. The van der Waals surface area contributed by atoms with E-state index in [0.717, 1.165) is 5.56 Å². The molecule has 0 saturated heterocycles. The second kappa shape index (κ2) is 15.5. The number of alkyl carbamates (subject to hydrolysis) is 1. The highest BCUT2D eigenvalue weighted by molar-refractivity contribution is 7.98. The Kier molecular flexibility index (Phi) is 12.3. The van der Waals surface area contributed by atoms with Crippen molar-refractivity contribution < 1.29 is 33.8 Å². The van der Waals surface area contributed by atoms with Gasteiger partial charge in [-0.3, -0.25) is 9.59 Å². The van der Waals surface area contributed by atoms with Gasteiger partial charge in [-0.15, -0.1) is 0 Å². The van der Waals surface area contributed by atoms with Gasteiger partial charge in [0.15, 0.2) is 0 Å². The van der Waals surface area contributed by atoms with E-state index < -0.39 is 53.2 Å². The minimum atomic E-state index is -1.29. The number of carbonyl (C=O) groups is 4. The molecule has 3 N–H and O–H groups in total. The van der Waals surface area contributed by atoms with E-state index in [9.17, 15) is 24.3 Å². The van der Waals surface area contributed by atoms with E-state index in [2.05, 4.69) is 10.6 Å². The Morgan fingerprint density at radius 3 is 2.04 bits per heavy atom. The fraction of sp³-hybridized carbons (Fsp3) is 0.529. The van der Waals surface area contributed by atoms with Gasteiger partial charge in [-0.25, -0.2) is 9.59 Å². The number of carbonyl (C=O) groups excluding carboxylic acids is 4. The maximum Gasteiger partial charge on any atom is 0.408 e. The molecule has 1 aliphatic rings. The monoisotopic (exact) mass is 641 g/mol. The van der Waals surface area contributed by atoms with Crippen molar-refractivity contribution in [1.29, 1.82) is 0 Å². The number of benzene rings is 2. The van der Waals surface area contributed by atoms with Gasteiger partial charge in [0.1, 0.15) is 35.1 Å². The molecule has 45 heavy (non-hydrogen) atoms. The maximum absolute atomic E-state index is 14.4. The number of amides is 3. The van der Waals surface area contributed by atoms with Crippen LogP contribution in [-0.4, -0.2) is 75.2 Å². The Morgan fingerprint density at radius 2 is 1.49 bits per heavy atom. The normalized spacial score (nSPS) is 15.3. The van der Waals surface area contributed by atoms with Gasteiger partial charge in [0, 0.05) is 18.0 Å². The average Bonchev–Trinajstić information content (AvgIpc) is 3.77. The van der Waals surface area contributed by atoms with Crippen LogP contribution in [0, 0.1) is 0 Å². The molecule has 0 heterocycles. The molecule has 0 aromatic heterocycles. The maximum atomic E-state index is 14.4. The summed E-state index contributed by atoms with van der Waals surface area (Å²) < 4.78 is 11.1. The smallest absolute Gasteiger partial charge is 0.408 e. The minimum Gasteiger partial charge on any atom is -0.508 e. The summed E-state index contributed by atoms with van der Waals surface area (Å²) in [5.41, 5.74) is -0.566. The Labute approximate surface area is 270 Å². The number of hydrogen-bond acceptors (Lipinski definition) is 8. The Bertz CT molecular complexity index is 1320. The van der Waals surface area contributed by atoms with Crippen LogP contribution in [0.15, 0.2) is 54.6 Å². The third-order valence-corrected chi connectivity index (χ3v) is 7.49. The van der Waals surface area contributed by atoms with E-state index in [1.165, 1.54) is 22.7 Å². The standard InChI is InChI=1S/C34H47N3O7S/c1-33(2,3)43-31(41)26(21-22-13-9-8-10-14-22)35-29(39)28(24-15-11-12-16-27(24)38)37(23-17-18-23)30(40)25(19-20-45-7)36-32(42)44-34(4,5)6/h8-16,23,25-26,28,38H,17-21H2,1-7H3,(H,35,39)(H,36,42). The number of nitrogens with one attached hydrogen (secondary N) is 2. The number of aromatic hydroxyl groups is 1. The molecule has 1 aliphatic carbocycles. The van der Waals surface area contributed by atoms with E-state index in [1.807, 2.05) is 36.6 Å². The highest BCUT2D eigenvalue weighted by Crippen LogP contribution is 2.38. The van der Waals surface area contributed by atoms with Crippen molar-refractivity contribution in [3.63, 3.8) is 0 Å². The molecule has 3 amide bonds. The number of phenols is 1. The summed E-state index contributed by atoms with van der Waals surface area (Å²) >= 11 is 1.52. The molecule has 246 valence electrons. The van der Waals surface area contributed by atoms with Crippen molar-refractivity contribution in [1.82, 2.24) is 15.5 Å². The Morgan fingerprint density at radius 1 is 0.889 bits per heavy atom. The average molecular weight is 642 g/mol. The molecule has 1 fully saturated rings. The van der Waals surface area contributed by atoms with Crippen molar-refractivity contribution in [2.45, 2.75) is 103 Å². The zero-order valence-corrected chi connectivity index (χ0v) is 28.1. The molecule has 0 radical (unpaired) electrons. The molecule has 1 saturated carbocycles. The zero-order chi connectivity index (χ0) is 33.4. The van der Waals surface area contributed by atoms with E-state index in [0.29, 0.717) is 25.0 Å². The van der Waals surface area contributed by atoms with Gasteiger partial charge >= 0.3 is 12.1 Å². The molecule has 11 heteroatoms. The zero-order valence-electron chi connectivity index (χ0n) is 27.3. The summed E-state index contributed by atoms with van der Waals surface area (Å²) in [4.78, 5) is 56.4. The van der Waals surface area contributed by atoms with Crippen LogP contribution in [0.4, 0.5) is 4.79 Å². The van der Waals surface area contributed by atoms with Gasteiger partial charge in [0.05, 0.1) is 0 Å². The van der Waals surface area contributed by atoms with Crippen LogP contribution in [-0.2, 0) is 30.3 Å². The van der Waals surface area contributed by atoms with E-state index >= 15 is 0 Å². The predicted octanol–water partition coefficient (Wildman–Crippen LogP) is 5.14. The molecule has 2 aromatic carbocycles. The van der Waals surface area contributed by atoms with Crippen LogP contribution in [0.5, 0.6) is 5.75 Å². The molecular formula is C34H47N3O7S. The third-order valence-electron chi connectivity index (χ3n) is 6.84. The predicted molar refractivity (Wildman–Crippen MR) is 175 cm³/mol. The number of para-hydroxylation sites is 1. The first-order chi connectivity index (χ1) is 21.1. The van der Waals surface area contributed by atoms with Crippen LogP contribution < -0.4 is 10.6 Å². The van der Waals surface area contributed by atoms with Gasteiger partial charge in [-0.2, -0.15) is 11.8 Å². The Hall–Kier alpha value is -3.73. The summed E-state index contributed by atoms with van der Waals surface area (Å²) in [6, 6.07) is 11.9. The summed E-state index contributed by atoms with van der Waals surface area (Å²) in [6.07, 6.45) is 2.90. The van der Waals surface area contributed by atoms with Crippen molar-refractivity contribution in [2.24, 2.45) is 0 Å². The molecule has 2 aromatic rings. The molecule has 3 rings (SSSR count). The lowest BCUT2D eigenvalue weighted by Gasteiger charge is -2.35. The number of ether oxygens (including phenoxy) is 2. The fourth-order valence-corrected chi connectivity index (χ4v) is 5.27. The van der Waals surface area contributed by atoms with Crippen LogP contribution in [0.1, 0.15) is 78.0 Å². The largest absolute Gasteiger partial charge is 0.508 e. The number of nitrogens with zero attached hydrogens (tertiary/aromatic N) is 1. The van der Waals surface area contributed by atoms with E-state index in [4.69, 9.17) is 9.47 Å². The fourth-order valence-electron chi connectivity index (χ4n) is 4.80. The molecule has 3 unspecified atom stereocenters. The highest BCUT2D eigenvalue weighted by atomic mass is 32.2. The van der Waals surface area contributed by atoms with Crippen LogP contribution in [0.25, 0.3) is 0 Å². The first-order valence-corrected chi connectivity index (χ1v) is 16.6. The number of esters is 1. The number of phenolic OH excluding ortho intramolecular Hbond substituents is 1. The van der Waals surface area contributed by atoms with Crippen LogP contribution >= 0.6 is 11.8 Å². The third kappa shape index (κ3) is 11.3. The quantitative estimate of drug-likeness (QED) is 0.256. The van der Waals surface area contributed by atoms with Crippen molar-refractivity contribution in [3.8, 4) is 5.75 Å². The minimum absolute atomic E-state index is 0.156. The lowest BCUT2D eigenvalue weighted by atomic mass is 9.99. The van der Waals surface area contributed by atoms with Gasteiger partial charge in [-0.05, 0) is 84.4 Å². The number of hydrogen-bond donors (Lipinski definition) is 3. The summed E-state index contributed by atoms with van der Waals surface area (Å²) in [6.45, 7) is 10.4. The summed E-state index contributed by atoms with van der Waals surface area (Å²) in [5, 5.41) is 16.5.